The topological polar surface area (TPSA) is 58.8 Å². The molecule has 0 aromatic carbocycles. The number of carbonyl (C=O) groups excluding carboxylic acids is 3. The quantitative estimate of drug-likeness (QED) is 0.369. The van der Waals surface area contributed by atoms with E-state index in [9.17, 15) is 14.4 Å². The maximum Gasteiger partial charge on any atom is 0.226 e. The molecule has 5 heteroatoms. The molecule has 39 heavy (non-hydrogen) atoms. The summed E-state index contributed by atoms with van der Waals surface area (Å²) < 4.78 is 0. The molecule has 8 atom stereocenters. The predicted octanol–water partition coefficient (Wildman–Crippen LogP) is 6.79. The van der Waals surface area contributed by atoms with Crippen LogP contribution in [0.5, 0.6) is 0 Å². The monoisotopic (exact) mass is 530 g/mol. The second-order valence-electron chi connectivity index (χ2n) is 15.7. The van der Waals surface area contributed by atoms with E-state index in [1.807, 2.05) is 19.1 Å². The minimum Gasteiger partial charge on any atom is -0.342 e. The Balaban J connectivity index is 1.47. The Morgan fingerprint density at radius 3 is 2.38 bits per heavy atom. The van der Waals surface area contributed by atoms with E-state index in [4.69, 9.17) is 6.57 Å². The number of amides is 1. The summed E-state index contributed by atoms with van der Waals surface area (Å²) in [5.74, 6) is 0.651. The zero-order valence-corrected chi connectivity index (χ0v) is 24.9. The van der Waals surface area contributed by atoms with E-state index in [1.54, 1.807) is 0 Å². The molecule has 1 aliphatic heterocycles. The Hall–Kier alpha value is -2.22. The number of likely N-dealkylation sites (tertiary alicyclic amines) is 1. The molecule has 0 aromatic rings. The first-order chi connectivity index (χ1) is 18.2. The van der Waals surface area contributed by atoms with E-state index in [0.717, 1.165) is 64.5 Å². The van der Waals surface area contributed by atoms with E-state index in [2.05, 4.69) is 44.4 Å². The lowest BCUT2D eigenvalue weighted by molar-refractivity contribution is -0.173. The highest BCUT2D eigenvalue weighted by Crippen LogP contribution is 2.73. The van der Waals surface area contributed by atoms with E-state index >= 15 is 0 Å². The van der Waals surface area contributed by atoms with Crippen LogP contribution in [0.25, 0.3) is 4.85 Å². The molecular formula is C34H46N2O3. The number of nitrogens with zero attached hydrogens (tertiary/aromatic N) is 2. The molecule has 1 heterocycles. The summed E-state index contributed by atoms with van der Waals surface area (Å²) in [6.07, 6.45) is 12.8. The number of fused-ring (bicyclic) bond motifs is 7. The van der Waals surface area contributed by atoms with Crippen LogP contribution in [0.15, 0.2) is 23.4 Å². The molecule has 0 spiro atoms. The third-order valence-corrected chi connectivity index (χ3v) is 13.3. The van der Waals surface area contributed by atoms with E-state index in [1.165, 1.54) is 5.57 Å². The van der Waals surface area contributed by atoms with Crippen LogP contribution in [-0.4, -0.2) is 35.5 Å². The van der Waals surface area contributed by atoms with Crippen LogP contribution in [-0.2, 0) is 14.4 Å². The van der Waals surface area contributed by atoms with E-state index in [-0.39, 0.29) is 62.6 Å². The normalized spacial score (nSPS) is 46.8. The van der Waals surface area contributed by atoms with Gasteiger partial charge in [0.15, 0.2) is 11.6 Å². The van der Waals surface area contributed by atoms with Crippen LogP contribution in [0.4, 0.5) is 0 Å². The minimum atomic E-state index is -0.452. The van der Waals surface area contributed by atoms with E-state index in [0.29, 0.717) is 12.3 Å². The number of allylic oxidation sites excluding steroid dienone is 4. The van der Waals surface area contributed by atoms with Gasteiger partial charge in [-0.2, -0.15) is 0 Å². The highest BCUT2D eigenvalue weighted by atomic mass is 16.2. The SMILES string of the molecule is [C-]#[N+]C1=C[C@]2(C)C3=CC(=O)[C@@H]4[C@@H]5CC(C)(C)CC[C@]5(CN5CCCC5=O)CC[C@@]4(C)[C@]3(C)CC[C@H]2[C@H](C)C1=O. The van der Waals surface area contributed by atoms with Crippen molar-refractivity contribution in [3.05, 3.63) is 34.8 Å². The molecule has 0 aromatic heterocycles. The first-order valence-electron chi connectivity index (χ1n) is 15.4. The van der Waals surface area contributed by atoms with Crippen LogP contribution in [0.1, 0.15) is 99.3 Å². The van der Waals surface area contributed by atoms with Gasteiger partial charge >= 0.3 is 0 Å². The maximum atomic E-state index is 14.5. The van der Waals surface area contributed by atoms with Crippen molar-refractivity contribution in [2.45, 2.75) is 99.3 Å². The van der Waals surface area contributed by atoms with Crippen LogP contribution in [0.2, 0.25) is 0 Å². The minimum absolute atomic E-state index is 0.0150. The standard InChI is InChI=1S/C34H46N2O3/c1-21-22-10-11-32(5)26(31(22,4)19-24(35-7)29(21)39)17-25(37)28-23-18-30(2,3)12-14-34(23,15-13-33(28,32)6)20-36-16-8-9-27(36)38/h17,19,21-23,28H,8-16,18,20H2,1-6H3/t21-,22-,23-,28-,31-,32+,33+,34+/m0/s1. The van der Waals surface area contributed by atoms with Crippen molar-refractivity contribution >= 4 is 17.5 Å². The first-order valence-corrected chi connectivity index (χ1v) is 15.4. The van der Waals surface area contributed by atoms with Gasteiger partial charge in [-0.1, -0.05) is 53.2 Å². The largest absolute Gasteiger partial charge is 0.342 e. The number of carbonyl (C=O) groups is 3. The molecular weight excluding hydrogens is 484 g/mol. The van der Waals surface area contributed by atoms with Crippen molar-refractivity contribution in [1.29, 1.82) is 0 Å². The van der Waals surface area contributed by atoms with Gasteiger partial charge in [-0.3, -0.25) is 9.59 Å². The maximum absolute atomic E-state index is 14.5. The Kier molecular flexibility index (Phi) is 5.81. The van der Waals surface area contributed by atoms with Crippen LogP contribution in [0, 0.1) is 57.3 Å². The summed E-state index contributed by atoms with van der Waals surface area (Å²) in [7, 11) is 0. The molecule has 6 rings (SSSR count). The highest BCUT2D eigenvalue weighted by Gasteiger charge is 2.69. The van der Waals surface area contributed by atoms with Crippen molar-refractivity contribution in [2.24, 2.45) is 50.7 Å². The Bertz CT molecular complexity index is 1250. The van der Waals surface area contributed by atoms with Gasteiger partial charge in [0.05, 0.1) is 6.57 Å². The zero-order valence-electron chi connectivity index (χ0n) is 24.9. The summed E-state index contributed by atoms with van der Waals surface area (Å²) in [4.78, 5) is 46.0. The van der Waals surface area contributed by atoms with Gasteiger partial charge in [0.25, 0.3) is 0 Å². The molecule has 0 radical (unpaired) electrons. The lowest BCUT2D eigenvalue weighted by Crippen LogP contribution is -2.65. The van der Waals surface area contributed by atoms with Crippen molar-refractivity contribution < 1.29 is 14.4 Å². The average molecular weight is 531 g/mol. The number of Topliss-reactive ketones (excluding diaryl/α,β-unsaturated/α-hetero) is 1. The van der Waals surface area contributed by atoms with Gasteiger partial charge in [-0.05, 0) is 90.9 Å². The van der Waals surface area contributed by atoms with Gasteiger partial charge in [0.1, 0.15) is 0 Å². The molecule has 0 bridgehead atoms. The van der Waals surface area contributed by atoms with Gasteiger partial charge in [-0.25, -0.2) is 4.85 Å². The van der Waals surface area contributed by atoms with Crippen LogP contribution in [0.3, 0.4) is 0 Å². The Morgan fingerprint density at radius 2 is 1.72 bits per heavy atom. The van der Waals surface area contributed by atoms with E-state index < -0.39 is 5.41 Å². The van der Waals surface area contributed by atoms with Gasteiger partial charge in [-0.15, -0.1) is 0 Å². The summed E-state index contributed by atoms with van der Waals surface area (Å²) in [6.45, 7) is 23.1. The number of hydrogen-bond donors (Lipinski definition) is 0. The lowest BCUT2D eigenvalue weighted by Gasteiger charge is -2.69. The molecule has 6 aliphatic rings. The molecule has 4 fully saturated rings. The van der Waals surface area contributed by atoms with Gasteiger partial charge in [0.2, 0.25) is 11.6 Å². The fourth-order valence-corrected chi connectivity index (χ4v) is 10.9. The highest BCUT2D eigenvalue weighted by molar-refractivity contribution is 6.01. The average Bonchev–Trinajstić information content (AvgIpc) is 3.27. The summed E-state index contributed by atoms with van der Waals surface area (Å²) in [5, 5.41) is 0. The second-order valence-corrected chi connectivity index (χ2v) is 15.7. The molecule has 1 amide bonds. The first kappa shape index (κ1) is 27.0. The summed E-state index contributed by atoms with van der Waals surface area (Å²) in [6, 6.07) is 0. The van der Waals surface area contributed by atoms with Gasteiger partial charge < -0.3 is 9.69 Å². The number of hydrogen-bond acceptors (Lipinski definition) is 3. The Labute approximate surface area is 234 Å². The third-order valence-electron chi connectivity index (χ3n) is 13.3. The molecule has 210 valence electrons. The lowest BCUT2D eigenvalue weighted by atomic mass is 9.35. The zero-order chi connectivity index (χ0) is 28.2. The number of rotatable bonds is 2. The van der Waals surface area contributed by atoms with Crippen molar-refractivity contribution in [3.63, 3.8) is 0 Å². The third kappa shape index (κ3) is 3.51. The van der Waals surface area contributed by atoms with Crippen LogP contribution >= 0.6 is 0 Å². The molecule has 0 unspecified atom stereocenters. The molecule has 1 saturated heterocycles. The molecule has 3 saturated carbocycles. The second kappa shape index (κ2) is 8.40. The van der Waals surface area contributed by atoms with Gasteiger partial charge in [0, 0.05) is 36.8 Å². The molecule has 5 nitrogen and oxygen atoms in total. The van der Waals surface area contributed by atoms with Crippen molar-refractivity contribution in [2.75, 3.05) is 13.1 Å². The molecule has 5 aliphatic carbocycles. The fourth-order valence-electron chi connectivity index (χ4n) is 10.9. The Morgan fingerprint density at radius 1 is 1.00 bits per heavy atom. The van der Waals surface area contributed by atoms with Crippen molar-refractivity contribution in [1.82, 2.24) is 4.90 Å². The fraction of sp³-hybridized carbons (Fsp3) is 0.765. The summed E-state index contributed by atoms with van der Waals surface area (Å²) >= 11 is 0. The molecule has 0 N–H and O–H groups in total. The van der Waals surface area contributed by atoms with Crippen LogP contribution < -0.4 is 0 Å². The van der Waals surface area contributed by atoms with Crippen molar-refractivity contribution in [3.8, 4) is 0 Å². The smallest absolute Gasteiger partial charge is 0.226 e. The summed E-state index contributed by atoms with van der Waals surface area (Å²) in [5.41, 5.74) is 0.814. The number of ketones is 2. The predicted molar refractivity (Wildman–Crippen MR) is 151 cm³/mol.